The zero-order chi connectivity index (χ0) is 12.3. The Bertz CT molecular complexity index is 367. The van der Waals surface area contributed by atoms with Crippen molar-refractivity contribution in [2.75, 3.05) is 26.2 Å². The third kappa shape index (κ3) is 3.20. The van der Waals surface area contributed by atoms with Crippen molar-refractivity contribution in [1.29, 1.82) is 0 Å². The molecular weight excluding hydrogens is 212 g/mol. The summed E-state index contributed by atoms with van der Waals surface area (Å²) >= 11 is 0. The molecule has 0 aromatic heterocycles. The molecule has 2 rings (SSSR count). The molecule has 0 amide bonds. The molecule has 3 heteroatoms. The highest BCUT2D eigenvalue weighted by Gasteiger charge is 2.21. The predicted octanol–water partition coefficient (Wildman–Crippen LogP) is 1.92. The van der Waals surface area contributed by atoms with Gasteiger partial charge in [0.25, 0.3) is 0 Å². The Morgan fingerprint density at radius 2 is 2.18 bits per heavy atom. The van der Waals surface area contributed by atoms with Gasteiger partial charge in [0.1, 0.15) is 5.75 Å². The van der Waals surface area contributed by atoms with Crippen LogP contribution in [0.3, 0.4) is 0 Å². The molecular formula is C14H22N2O. The predicted molar refractivity (Wildman–Crippen MR) is 70.1 cm³/mol. The number of benzene rings is 1. The van der Waals surface area contributed by atoms with Crippen LogP contribution >= 0.6 is 0 Å². The number of hydrogen-bond acceptors (Lipinski definition) is 3. The minimum atomic E-state index is 0.364. The van der Waals surface area contributed by atoms with Crippen molar-refractivity contribution >= 4 is 0 Å². The lowest BCUT2D eigenvalue weighted by molar-refractivity contribution is 0.0834. The Kier molecular flexibility index (Phi) is 4.02. The molecule has 1 aromatic carbocycles. The number of aromatic hydroxyl groups is 1. The molecule has 3 nitrogen and oxygen atoms in total. The van der Waals surface area contributed by atoms with Crippen LogP contribution in [0.25, 0.3) is 0 Å². The van der Waals surface area contributed by atoms with Crippen molar-refractivity contribution in [3.8, 4) is 5.75 Å². The smallest absolute Gasteiger partial charge is 0.115 e. The number of phenolic OH excluding ortho intramolecular Hbond substituents is 1. The van der Waals surface area contributed by atoms with Gasteiger partial charge in [0.05, 0.1) is 0 Å². The first kappa shape index (κ1) is 12.4. The van der Waals surface area contributed by atoms with Gasteiger partial charge in [0.15, 0.2) is 0 Å². The first-order valence-electron chi connectivity index (χ1n) is 6.43. The van der Waals surface area contributed by atoms with E-state index in [4.69, 9.17) is 0 Å². The van der Waals surface area contributed by atoms with Crippen LogP contribution in [0.1, 0.15) is 19.4 Å². The summed E-state index contributed by atoms with van der Waals surface area (Å²) in [6.45, 7) is 9.98. The standard InChI is InChI=1S/C14H22N2O/c1-3-16-8-7-15(10-12(16)2)11-13-5-4-6-14(17)9-13/h4-6,9,12,17H,3,7-8,10-11H2,1-2H3. The summed E-state index contributed by atoms with van der Waals surface area (Å²) in [7, 11) is 0. The fraction of sp³-hybridized carbons (Fsp3) is 0.571. The number of phenols is 1. The quantitative estimate of drug-likeness (QED) is 0.865. The van der Waals surface area contributed by atoms with Crippen LogP contribution in [0.15, 0.2) is 24.3 Å². The van der Waals surface area contributed by atoms with E-state index in [1.165, 1.54) is 5.56 Å². The van der Waals surface area contributed by atoms with Gasteiger partial charge in [-0.15, -0.1) is 0 Å². The van der Waals surface area contributed by atoms with Gasteiger partial charge in [-0.1, -0.05) is 19.1 Å². The van der Waals surface area contributed by atoms with Gasteiger partial charge < -0.3 is 5.11 Å². The van der Waals surface area contributed by atoms with Crippen LogP contribution in [0, 0.1) is 0 Å². The van der Waals surface area contributed by atoms with Gasteiger partial charge >= 0.3 is 0 Å². The minimum Gasteiger partial charge on any atom is -0.508 e. The average Bonchev–Trinajstić information content (AvgIpc) is 2.29. The van der Waals surface area contributed by atoms with Crippen molar-refractivity contribution < 1.29 is 5.11 Å². The Labute approximate surface area is 104 Å². The second kappa shape index (κ2) is 5.52. The van der Waals surface area contributed by atoms with Gasteiger partial charge in [-0.2, -0.15) is 0 Å². The maximum atomic E-state index is 9.45. The van der Waals surface area contributed by atoms with E-state index in [-0.39, 0.29) is 0 Å². The third-order valence-electron chi connectivity index (χ3n) is 3.57. The summed E-state index contributed by atoms with van der Waals surface area (Å²) in [5.74, 6) is 0.364. The maximum Gasteiger partial charge on any atom is 0.115 e. The molecule has 0 radical (unpaired) electrons. The molecule has 0 saturated carbocycles. The molecule has 1 atom stereocenters. The van der Waals surface area contributed by atoms with Gasteiger partial charge in [0, 0.05) is 32.2 Å². The van der Waals surface area contributed by atoms with E-state index in [0.717, 1.165) is 32.7 Å². The van der Waals surface area contributed by atoms with E-state index in [0.29, 0.717) is 11.8 Å². The summed E-state index contributed by atoms with van der Waals surface area (Å²) in [6, 6.07) is 8.20. The van der Waals surface area contributed by atoms with Crippen LogP contribution in [-0.4, -0.2) is 47.1 Å². The Hall–Kier alpha value is -1.06. The van der Waals surface area contributed by atoms with Gasteiger partial charge in [0.2, 0.25) is 0 Å². The molecule has 1 N–H and O–H groups in total. The summed E-state index contributed by atoms with van der Waals surface area (Å²) in [4.78, 5) is 4.98. The number of hydrogen-bond donors (Lipinski definition) is 1. The monoisotopic (exact) mass is 234 g/mol. The molecule has 0 bridgehead atoms. The second-order valence-electron chi connectivity index (χ2n) is 4.88. The van der Waals surface area contributed by atoms with E-state index < -0.39 is 0 Å². The molecule has 1 aliphatic heterocycles. The van der Waals surface area contributed by atoms with E-state index in [2.05, 4.69) is 29.7 Å². The fourth-order valence-corrected chi connectivity index (χ4v) is 2.60. The summed E-state index contributed by atoms with van der Waals surface area (Å²) in [5.41, 5.74) is 1.20. The van der Waals surface area contributed by atoms with Crippen molar-refractivity contribution in [2.45, 2.75) is 26.4 Å². The molecule has 1 unspecified atom stereocenters. The molecule has 0 spiro atoms. The molecule has 1 aromatic rings. The summed E-state index contributed by atoms with van der Waals surface area (Å²) in [5, 5.41) is 9.45. The highest BCUT2D eigenvalue weighted by atomic mass is 16.3. The van der Waals surface area contributed by atoms with E-state index in [9.17, 15) is 5.11 Å². The number of likely N-dealkylation sites (N-methyl/N-ethyl adjacent to an activating group) is 1. The van der Waals surface area contributed by atoms with E-state index in [1.54, 1.807) is 6.07 Å². The van der Waals surface area contributed by atoms with Crippen LogP contribution < -0.4 is 0 Å². The zero-order valence-corrected chi connectivity index (χ0v) is 10.8. The number of nitrogens with zero attached hydrogens (tertiary/aromatic N) is 2. The summed E-state index contributed by atoms with van der Waals surface area (Å²) in [6.07, 6.45) is 0. The van der Waals surface area contributed by atoms with E-state index in [1.807, 2.05) is 12.1 Å². The van der Waals surface area contributed by atoms with Crippen molar-refractivity contribution in [3.05, 3.63) is 29.8 Å². The van der Waals surface area contributed by atoms with Gasteiger partial charge in [-0.05, 0) is 31.2 Å². The maximum absolute atomic E-state index is 9.45. The topological polar surface area (TPSA) is 26.7 Å². The molecule has 94 valence electrons. The normalized spacial score (nSPS) is 22.8. The zero-order valence-electron chi connectivity index (χ0n) is 10.8. The minimum absolute atomic E-state index is 0.364. The lowest BCUT2D eigenvalue weighted by Gasteiger charge is -2.39. The van der Waals surface area contributed by atoms with Crippen LogP contribution in [0.5, 0.6) is 5.75 Å². The van der Waals surface area contributed by atoms with Gasteiger partial charge in [-0.25, -0.2) is 0 Å². The van der Waals surface area contributed by atoms with Crippen molar-refractivity contribution in [2.24, 2.45) is 0 Å². The SMILES string of the molecule is CCN1CCN(Cc2cccc(O)c2)CC1C. The van der Waals surface area contributed by atoms with Crippen molar-refractivity contribution in [1.82, 2.24) is 9.80 Å². The highest BCUT2D eigenvalue weighted by Crippen LogP contribution is 2.16. The Morgan fingerprint density at radius 1 is 1.35 bits per heavy atom. The lowest BCUT2D eigenvalue weighted by Crippen LogP contribution is -2.51. The Balaban J connectivity index is 1.93. The largest absolute Gasteiger partial charge is 0.508 e. The van der Waals surface area contributed by atoms with E-state index >= 15 is 0 Å². The number of rotatable bonds is 3. The molecule has 1 saturated heterocycles. The van der Waals surface area contributed by atoms with Crippen LogP contribution in [0.2, 0.25) is 0 Å². The van der Waals surface area contributed by atoms with Gasteiger partial charge in [-0.3, -0.25) is 9.80 Å². The molecule has 1 heterocycles. The lowest BCUT2D eigenvalue weighted by atomic mass is 10.1. The molecule has 1 fully saturated rings. The first-order chi connectivity index (χ1) is 8.19. The summed E-state index contributed by atoms with van der Waals surface area (Å²) < 4.78 is 0. The first-order valence-corrected chi connectivity index (χ1v) is 6.43. The molecule has 0 aliphatic carbocycles. The molecule has 1 aliphatic rings. The molecule has 17 heavy (non-hydrogen) atoms. The van der Waals surface area contributed by atoms with Crippen LogP contribution in [0.4, 0.5) is 0 Å². The van der Waals surface area contributed by atoms with Crippen molar-refractivity contribution in [3.63, 3.8) is 0 Å². The third-order valence-corrected chi connectivity index (χ3v) is 3.57. The fourth-order valence-electron chi connectivity index (χ4n) is 2.60. The second-order valence-corrected chi connectivity index (χ2v) is 4.88. The Morgan fingerprint density at radius 3 is 2.82 bits per heavy atom. The number of piperazine rings is 1. The van der Waals surface area contributed by atoms with Crippen LogP contribution in [-0.2, 0) is 6.54 Å². The highest BCUT2D eigenvalue weighted by molar-refractivity contribution is 5.27. The average molecular weight is 234 g/mol.